The molecule has 0 aliphatic heterocycles. The fraction of sp³-hybridized carbons (Fsp3) is 0.261. The zero-order valence-corrected chi connectivity index (χ0v) is 16.4. The normalized spacial score (nSPS) is 11.1. The molecule has 0 saturated carbocycles. The number of aromatic nitrogens is 2. The van der Waals surface area contributed by atoms with Crippen molar-refractivity contribution in [1.29, 1.82) is 0 Å². The van der Waals surface area contributed by atoms with Gasteiger partial charge < -0.3 is 5.11 Å². The zero-order valence-electron chi connectivity index (χ0n) is 16.4. The highest BCUT2D eigenvalue weighted by atomic mass is 16.4. The van der Waals surface area contributed by atoms with Crippen LogP contribution in [0.3, 0.4) is 0 Å². The van der Waals surface area contributed by atoms with Crippen molar-refractivity contribution in [2.75, 3.05) is 19.6 Å². The topological polar surface area (TPSA) is 69.6 Å². The predicted octanol–water partition coefficient (Wildman–Crippen LogP) is 3.07. The number of carboxylic acid groups (broad SMARTS) is 1. The van der Waals surface area contributed by atoms with E-state index in [1.807, 2.05) is 59.5 Å². The van der Waals surface area contributed by atoms with Crippen LogP contribution in [0.25, 0.3) is 0 Å². The smallest absolute Gasteiger partial charge is 0.317 e. The summed E-state index contributed by atoms with van der Waals surface area (Å²) in [4.78, 5) is 24.3. The van der Waals surface area contributed by atoms with E-state index in [0.717, 1.165) is 24.5 Å². The van der Waals surface area contributed by atoms with Gasteiger partial charge in [-0.15, -0.1) is 0 Å². The maximum absolute atomic E-state index is 11.3. The Labute approximate surface area is 171 Å². The molecular formula is C23H26N4O2. The van der Waals surface area contributed by atoms with Gasteiger partial charge in [0.05, 0.1) is 17.9 Å². The van der Waals surface area contributed by atoms with Gasteiger partial charge in [0.1, 0.15) is 0 Å². The van der Waals surface area contributed by atoms with Gasteiger partial charge in [-0.3, -0.25) is 24.6 Å². The van der Waals surface area contributed by atoms with E-state index >= 15 is 0 Å². The van der Waals surface area contributed by atoms with Crippen LogP contribution in [0.2, 0.25) is 0 Å². The second-order valence-corrected chi connectivity index (χ2v) is 6.94. The van der Waals surface area contributed by atoms with Crippen LogP contribution >= 0.6 is 0 Å². The van der Waals surface area contributed by atoms with Gasteiger partial charge in [0, 0.05) is 45.1 Å². The van der Waals surface area contributed by atoms with Crippen LogP contribution in [0.1, 0.15) is 17.0 Å². The number of carbonyl (C=O) groups is 1. The van der Waals surface area contributed by atoms with Crippen molar-refractivity contribution in [2.24, 2.45) is 0 Å². The summed E-state index contributed by atoms with van der Waals surface area (Å²) in [5, 5.41) is 9.31. The molecule has 1 aromatic carbocycles. The molecule has 2 aromatic heterocycles. The first-order valence-electron chi connectivity index (χ1n) is 9.69. The Morgan fingerprint density at radius 1 is 0.724 bits per heavy atom. The SMILES string of the molecule is O=C(O)CN(CCN(Cc1ccccc1)Cc1ccccn1)Cc1ccccn1. The Morgan fingerprint density at radius 2 is 1.28 bits per heavy atom. The lowest BCUT2D eigenvalue weighted by atomic mass is 10.2. The Morgan fingerprint density at radius 3 is 1.83 bits per heavy atom. The number of aliphatic carboxylic acids is 1. The van der Waals surface area contributed by atoms with Crippen LogP contribution < -0.4 is 0 Å². The van der Waals surface area contributed by atoms with E-state index in [1.165, 1.54) is 5.56 Å². The second-order valence-electron chi connectivity index (χ2n) is 6.94. The number of hydrogen-bond acceptors (Lipinski definition) is 5. The Balaban J connectivity index is 1.67. The Kier molecular flexibility index (Phi) is 7.86. The van der Waals surface area contributed by atoms with Gasteiger partial charge in [-0.2, -0.15) is 0 Å². The molecule has 0 fully saturated rings. The van der Waals surface area contributed by atoms with Crippen molar-refractivity contribution < 1.29 is 9.90 Å². The molecule has 2 heterocycles. The van der Waals surface area contributed by atoms with E-state index in [2.05, 4.69) is 27.0 Å². The van der Waals surface area contributed by atoms with Crippen molar-refractivity contribution in [3.63, 3.8) is 0 Å². The maximum atomic E-state index is 11.3. The Bertz CT molecular complexity index is 818. The number of hydrogen-bond donors (Lipinski definition) is 1. The van der Waals surface area contributed by atoms with Crippen molar-refractivity contribution >= 4 is 5.97 Å². The maximum Gasteiger partial charge on any atom is 0.317 e. The molecule has 1 N–H and O–H groups in total. The zero-order chi connectivity index (χ0) is 20.3. The minimum Gasteiger partial charge on any atom is -0.480 e. The Hall–Kier alpha value is -3.09. The third kappa shape index (κ3) is 7.44. The minimum atomic E-state index is -0.833. The van der Waals surface area contributed by atoms with Crippen LogP contribution in [-0.2, 0) is 24.4 Å². The van der Waals surface area contributed by atoms with Gasteiger partial charge >= 0.3 is 5.97 Å². The fourth-order valence-electron chi connectivity index (χ4n) is 3.19. The number of carboxylic acids is 1. The third-order valence-corrected chi connectivity index (χ3v) is 4.56. The number of benzene rings is 1. The van der Waals surface area contributed by atoms with E-state index in [-0.39, 0.29) is 6.54 Å². The summed E-state index contributed by atoms with van der Waals surface area (Å²) in [6.07, 6.45) is 3.53. The van der Waals surface area contributed by atoms with E-state index in [9.17, 15) is 9.90 Å². The molecule has 3 rings (SSSR count). The minimum absolute atomic E-state index is 0.0145. The summed E-state index contributed by atoms with van der Waals surface area (Å²) in [5.74, 6) is -0.833. The standard InChI is InChI=1S/C23H26N4O2/c28-23(29)19-27(18-22-11-5-7-13-25-22)15-14-26(16-20-8-2-1-3-9-20)17-21-10-4-6-12-24-21/h1-13H,14-19H2,(H,28,29). The van der Waals surface area contributed by atoms with Gasteiger partial charge in [-0.1, -0.05) is 42.5 Å². The fourth-order valence-corrected chi connectivity index (χ4v) is 3.19. The molecule has 3 aromatic rings. The number of nitrogens with zero attached hydrogens (tertiary/aromatic N) is 4. The molecule has 0 atom stereocenters. The van der Waals surface area contributed by atoms with Crippen LogP contribution in [0.4, 0.5) is 0 Å². The van der Waals surface area contributed by atoms with Crippen LogP contribution in [0.15, 0.2) is 79.1 Å². The lowest BCUT2D eigenvalue weighted by Crippen LogP contribution is -2.37. The van der Waals surface area contributed by atoms with Crippen molar-refractivity contribution in [3.8, 4) is 0 Å². The number of pyridine rings is 2. The molecule has 0 saturated heterocycles. The highest BCUT2D eigenvalue weighted by molar-refractivity contribution is 5.69. The van der Waals surface area contributed by atoms with E-state index in [0.29, 0.717) is 19.6 Å². The average Bonchev–Trinajstić information content (AvgIpc) is 2.74. The van der Waals surface area contributed by atoms with Crippen molar-refractivity contribution in [1.82, 2.24) is 19.8 Å². The molecule has 0 amide bonds. The van der Waals surface area contributed by atoms with Crippen molar-refractivity contribution in [2.45, 2.75) is 19.6 Å². The molecule has 0 aliphatic carbocycles. The molecule has 0 aliphatic rings. The molecule has 29 heavy (non-hydrogen) atoms. The summed E-state index contributed by atoms with van der Waals surface area (Å²) in [5.41, 5.74) is 3.09. The van der Waals surface area contributed by atoms with Crippen LogP contribution in [0.5, 0.6) is 0 Å². The monoisotopic (exact) mass is 390 g/mol. The van der Waals surface area contributed by atoms with Gasteiger partial charge in [0.15, 0.2) is 0 Å². The lowest BCUT2D eigenvalue weighted by molar-refractivity contribution is -0.138. The van der Waals surface area contributed by atoms with Gasteiger partial charge in [0.2, 0.25) is 0 Å². The van der Waals surface area contributed by atoms with Crippen molar-refractivity contribution in [3.05, 3.63) is 96.1 Å². The quantitative estimate of drug-likeness (QED) is 0.543. The van der Waals surface area contributed by atoms with Crippen LogP contribution in [-0.4, -0.2) is 50.5 Å². The van der Waals surface area contributed by atoms with Crippen LogP contribution in [0, 0.1) is 0 Å². The average molecular weight is 390 g/mol. The summed E-state index contributed by atoms with van der Waals surface area (Å²) < 4.78 is 0. The van der Waals surface area contributed by atoms with E-state index in [1.54, 1.807) is 12.4 Å². The molecule has 150 valence electrons. The molecule has 0 radical (unpaired) electrons. The first-order chi connectivity index (χ1) is 14.2. The first-order valence-corrected chi connectivity index (χ1v) is 9.69. The molecule has 6 nitrogen and oxygen atoms in total. The van der Waals surface area contributed by atoms with E-state index < -0.39 is 5.97 Å². The van der Waals surface area contributed by atoms with Gasteiger partial charge in [-0.05, 0) is 29.8 Å². The molecule has 0 spiro atoms. The highest BCUT2D eigenvalue weighted by Crippen LogP contribution is 2.10. The molecule has 6 heteroatoms. The predicted molar refractivity (Wildman–Crippen MR) is 112 cm³/mol. The summed E-state index contributed by atoms with van der Waals surface area (Å²) in [6.45, 7) is 3.34. The largest absolute Gasteiger partial charge is 0.480 e. The number of rotatable bonds is 11. The highest BCUT2D eigenvalue weighted by Gasteiger charge is 2.14. The summed E-state index contributed by atoms with van der Waals surface area (Å²) in [6, 6.07) is 21.9. The molecule has 0 unspecified atom stereocenters. The molecular weight excluding hydrogens is 364 g/mol. The third-order valence-electron chi connectivity index (χ3n) is 4.56. The molecule has 0 bridgehead atoms. The summed E-state index contributed by atoms with van der Waals surface area (Å²) in [7, 11) is 0. The second kappa shape index (κ2) is 11.0. The van der Waals surface area contributed by atoms with E-state index in [4.69, 9.17) is 0 Å². The van der Waals surface area contributed by atoms with Gasteiger partial charge in [0.25, 0.3) is 0 Å². The first kappa shape index (κ1) is 20.6. The van der Waals surface area contributed by atoms with Gasteiger partial charge in [-0.25, -0.2) is 0 Å². The lowest BCUT2D eigenvalue weighted by Gasteiger charge is -2.26. The summed E-state index contributed by atoms with van der Waals surface area (Å²) >= 11 is 0.